The number of benzene rings is 3. The van der Waals surface area contributed by atoms with E-state index in [0.717, 1.165) is 16.7 Å². The van der Waals surface area contributed by atoms with Gasteiger partial charge in [0.15, 0.2) is 0 Å². The number of carbonyl (C=O) groups is 3. The van der Waals surface area contributed by atoms with Gasteiger partial charge in [-0.15, -0.1) is 0 Å². The van der Waals surface area contributed by atoms with Gasteiger partial charge in [0, 0.05) is 19.1 Å². The lowest BCUT2D eigenvalue weighted by molar-refractivity contribution is -0.154. The van der Waals surface area contributed by atoms with Crippen LogP contribution in [-0.4, -0.2) is 67.2 Å². The summed E-state index contributed by atoms with van der Waals surface area (Å²) in [7, 11) is -2.72. The van der Waals surface area contributed by atoms with E-state index >= 15 is 0 Å². The number of fused-ring (bicyclic) bond motifs is 1. The van der Waals surface area contributed by atoms with Crippen molar-refractivity contribution in [3.05, 3.63) is 90.5 Å². The Morgan fingerprint density at radius 2 is 1.50 bits per heavy atom. The Labute approximate surface area is 246 Å². The van der Waals surface area contributed by atoms with Gasteiger partial charge in [0.25, 0.3) is 0 Å². The number of methoxy groups -OCH3 is 1. The maximum atomic E-state index is 13.8. The van der Waals surface area contributed by atoms with Gasteiger partial charge >= 0.3 is 5.97 Å². The molecular weight excluding hydrogens is 554 g/mol. The molecule has 0 bridgehead atoms. The average molecular weight is 590 g/mol. The third kappa shape index (κ3) is 5.04. The zero-order valence-electron chi connectivity index (χ0n) is 23.9. The van der Waals surface area contributed by atoms with Crippen molar-refractivity contribution in [2.24, 2.45) is 11.8 Å². The van der Waals surface area contributed by atoms with Crippen LogP contribution in [0.3, 0.4) is 0 Å². The van der Waals surface area contributed by atoms with Gasteiger partial charge in [0.2, 0.25) is 21.8 Å². The summed E-state index contributed by atoms with van der Waals surface area (Å²) in [6.07, 6.45) is 0.190. The molecule has 3 aromatic carbocycles. The van der Waals surface area contributed by atoms with Crippen molar-refractivity contribution in [1.82, 2.24) is 14.5 Å². The second-order valence-electron chi connectivity index (χ2n) is 10.7. The third-order valence-corrected chi connectivity index (χ3v) is 10.4. The smallest absolute Gasteiger partial charge is 0.326 e. The molecule has 0 radical (unpaired) electrons. The summed E-state index contributed by atoms with van der Waals surface area (Å²) >= 11 is 0. The maximum Gasteiger partial charge on any atom is 0.326 e. The fraction of sp³-hybridized carbons (Fsp3) is 0.344. The molecule has 2 amide bonds. The van der Waals surface area contributed by atoms with Gasteiger partial charge in [-0.2, -0.15) is 4.31 Å². The first-order chi connectivity index (χ1) is 20.2. The van der Waals surface area contributed by atoms with Gasteiger partial charge in [-0.25, -0.2) is 8.42 Å². The molecular formula is C32H35N3O6S. The van der Waals surface area contributed by atoms with Gasteiger partial charge in [0.1, 0.15) is 5.54 Å². The Morgan fingerprint density at radius 1 is 0.905 bits per heavy atom. The van der Waals surface area contributed by atoms with E-state index in [2.05, 4.69) is 5.32 Å². The second kappa shape index (κ2) is 11.8. The molecule has 4 atom stereocenters. The summed E-state index contributed by atoms with van der Waals surface area (Å²) < 4.78 is 34.0. The van der Waals surface area contributed by atoms with E-state index in [-0.39, 0.29) is 31.0 Å². The summed E-state index contributed by atoms with van der Waals surface area (Å²) in [5, 5.41) is 3.22. The predicted octanol–water partition coefficient (Wildman–Crippen LogP) is 3.46. The molecule has 0 spiro atoms. The van der Waals surface area contributed by atoms with E-state index in [1.54, 1.807) is 38.1 Å². The molecule has 0 unspecified atom stereocenters. The molecule has 1 N–H and O–H groups in total. The number of likely N-dealkylation sites (tertiary alicyclic amines) is 1. The Balaban J connectivity index is 1.45. The topological polar surface area (TPSA) is 113 Å². The highest BCUT2D eigenvalue weighted by molar-refractivity contribution is 7.89. The maximum absolute atomic E-state index is 13.8. The van der Waals surface area contributed by atoms with Crippen molar-refractivity contribution < 1.29 is 27.5 Å². The molecule has 2 saturated heterocycles. The Morgan fingerprint density at radius 3 is 2.07 bits per heavy atom. The number of imide groups is 1. The second-order valence-corrected chi connectivity index (χ2v) is 12.6. The lowest BCUT2D eigenvalue weighted by Gasteiger charge is -2.32. The van der Waals surface area contributed by atoms with E-state index in [1.807, 2.05) is 60.7 Å². The zero-order chi connectivity index (χ0) is 30.1. The van der Waals surface area contributed by atoms with Gasteiger partial charge in [-0.1, -0.05) is 86.6 Å². The number of amides is 2. The van der Waals surface area contributed by atoms with Crippen molar-refractivity contribution in [2.75, 3.05) is 20.2 Å². The third-order valence-electron chi connectivity index (χ3n) is 8.49. The molecule has 2 aliphatic heterocycles. The highest BCUT2D eigenvalue weighted by Crippen LogP contribution is 2.46. The molecule has 5 rings (SSSR count). The van der Waals surface area contributed by atoms with Crippen LogP contribution < -0.4 is 5.32 Å². The number of rotatable bonds is 10. The van der Waals surface area contributed by atoms with Crippen LogP contribution in [0.4, 0.5) is 0 Å². The molecule has 42 heavy (non-hydrogen) atoms. The Kier molecular flexibility index (Phi) is 8.32. The zero-order valence-corrected chi connectivity index (χ0v) is 24.7. The first-order valence-corrected chi connectivity index (χ1v) is 15.5. The lowest BCUT2D eigenvalue weighted by atomic mass is 9.78. The summed E-state index contributed by atoms with van der Waals surface area (Å²) in [6, 6.07) is 24.7. The lowest BCUT2D eigenvalue weighted by Crippen LogP contribution is -2.58. The van der Waals surface area contributed by atoms with Crippen LogP contribution in [0.15, 0.2) is 89.8 Å². The van der Waals surface area contributed by atoms with Crippen LogP contribution in [0.1, 0.15) is 25.8 Å². The minimum Gasteiger partial charge on any atom is -0.468 e. The van der Waals surface area contributed by atoms with Crippen LogP contribution in [0.5, 0.6) is 0 Å². The molecule has 0 aromatic heterocycles. The van der Waals surface area contributed by atoms with Gasteiger partial charge < -0.3 is 4.74 Å². The molecule has 2 heterocycles. The molecule has 0 saturated carbocycles. The van der Waals surface area contributed by atoms with E-state index in [0.29, 0.717) is 0 Å². The first-order valence-electron chi connectivity index (χ1n) is 14.1. The number of nitrogens with zero attached hydrogens (tertiary/aromatic N) is 2. The van der Waals surface area contributed by atoms with Crippen LogP contribution >= 0.6 is 0 Å². The number of likely N-dealkylation sites (N-methyl/N-ethyl adjacent to an activating group) is 1. The highest BCUT2D eigenvalue weighted by Gasteiger charge is 2.68. The quantitative estimate of drug-likeness (QED) is 0.285. The summed E-state index contributed by atoms with van der Waals surface area (Å²) in [5.74, 6) is -3.47. The highest BCUT2D eigenvalue weighted by atomic mass is 32.2. The minimum atomic E-state index is -3.96. The number of carbonyl (C=O) groups excluding carboxylic acids is 3. The van der Waals surface area contributed by atoms with E-state index < -0.39 is 51.2 Å². The molecule has 2 aliphatic rings. The van der Waals surface area contributed by atoms with Crippen molar-refractivity contribution in [1.29, 1.82) is 0 Å². The Hall–Kier alpha value is -3.86. The normalized spacial score (nSPS) is 23.8. The molecule has 2 fully saturated rings. The van der Waals surface area contributed by atoms with Crippen molar-refractivity contribution >= 4 is 27.8 Å². The fourth-order valence-electron chi connectivity index (χ4n) is 6.32. The van der Waals surface area contributed by atoms with E-state index in [4.69, 9.17) is 4.74 Å². The van der Waals surface area contributed by atoms with Crippen LogP contribution in [0.25, 0.3) is 11.1 Å². The number of hydrogen-bond donors (Lipinski definition) is 1. The molecule has 220 valence electrons. The van der Waals surface area contributed by atoms with Crippen molar-refractivity contribution in [3.8, 4) is 11.1 Å². The Bertz CT molecular complexity index is 1560. The van der Waals surface area contributed by atoms with Gasteiger partial charge in [-0.05, 0) is 35.2 Å². The summed E-state index contributed by atoms with van der Waals surface area (Å²) in [5.41, 5.74) is 1.18. The average Bonchev–Trinajstić information content (AvgIpc) is 3.49. The molecule has 3 aromatic rings. The van der Waals surface area contributed by atoms with E-state index in [1.165, 1.54) is 16.3 Å². The number of nitrogens with one attached hydrogen (secondary N) is 1. The number of sulfonamides is 1. The number of esters is 1. The minimum absolute atomic E-state index is 0.0722. The van der Waals surface area contributed by atoms with Crippen LogP contribution in [0.2, 0.25) is 0 Å². The fourth-order valence-corrected chi connectivity index (χ4v) is 7.79. The largest absolute Gasteiger partial charge is 0.468 e. The standard InChI is InChI=1S/C32H35N3O6S/c1-4-32(31(38)41-3)28-27(29(36)35(30(28)37)20-22-12-8-6-9-13-22)26(33-32)21-34(5-2)42(39,40)25-18-16-24(17-19-25)23-14-10-7-11-15-23/h6-19,26-28,33H,4-5,20-21H2,1-3H3/t26-,27+,28-,32-/m1/s1. The number of hydrogen-bond acceptors (Lipinski definition) is 7. The first kappa shape index (κ1) is 29.6. The van der Waals surface area contributed by atoms with Crippen molar-refractivity contribution in [3.63, 3.8) is 0 Å². The summed E-state index contributed by atoms with van der Waals surface area (Å²) in [6.45, 7) is 3.58. The van der Waals surface area contributed by atoms with Gasteiger partial charge in [-0.3, -0.25) is 24.6 Å². The monoisotopic (exact) mass is 589 g/mol. The molecule has 9 nitrogen and oxygen atoms in total. The predicted molar refractivity (Wildman–Crippen MR) is 157 cm³/mol. The SMILES string of the molecule is CCN(C[C@H]1N[C@@](CC)(C(=O)OC)[C@H]2C(=O)N(Cc3ccccc3)C(=O)[C@@H]12)S(=O)(=O)c1ccc(-c2ccccc2)cc1. The van der Waals surface area contributed by atoms with Crippen LogP contribution in [0, 0.1) is 11.8 Å². The molecule has 0 aliphatic carbocycles. The number of ether oxygens (including phenoxy) is 1. The summed E-state index contributed by atoms with van der Waals surface area (Å²) in [4.78, 5) is 42.1. The van der Waals surface area contributed by atoms with Gasteiger partial charge in [0.05, 0.1) is 30.4 Å². The van der Waals surface area contributed by atoms with E-state index in [9.17, 15) is 22.8 Å². The van der Waals surface area contributed by atoms with Crippen molar-refractivity contribution in [2.45, 2.75) is 43.3 Å². The van der Waals surface area contributed by atoms with Crippen LogP contribution in [-0.2, 0) is 35.7 Å². The molecule has 10 heteroatoms.